The summed E-state index contributed by atoms with van der Waals surface area (Å²) in [6, 6.07) is 26.2. The first-order valence-electron chi connectivity index (χ1n) is 24.0. The molecule has 0 amide bonds. The molecule has 1 aliphatic heterocycles. The molecular weight excluding hydrogens is 853 g/mol. The third kappa shape index (κ3) is 11.0. The van der Waals surface area contributed by atoms with Crippen LogP contribution in [0.25, 0.3) is 16.3 Å². The van der Waals surface area contributed by atoms with Crippen molar-refractivity contribution in [1.82, 2.24) is 0 Å². The van der Waals surface area contributed by atoms with Gasteiger partial charge in [0, 0.05) is 41.1 Å². The van der Waals surface area contributed by atoms with Gasteiger partial charge in [-0.15, -0.1) is 0 Å². The molecule has 2 heterocycles. The molecule has 0 fully saturated rings. The molecule has 0 atom stereocenters. The molecule has 1 aromatic heterocycles. The Hall–Kier alpha value is -4.79. The van der Waals surface area contributed by atoms with E-state index in [1.54, 1.807) is 23.1 Å². The van der Waals surface area contributed by atoms with Crippen LogP contribution in [0.2, 0.25) is 0 Å². The molecule has 0 radical (unpaired) electrons. The highest BCUT2D eigenvalue weighted by Gasteiger charge is 2.33. The smallest absolute Gasteiger partial charge is 0.263 e. The SMILES string of the molecule is CCCCN1/C(=C/C2=C([O-])C(=C/c3sc4ccc(OCc5cc(C(C)(C)C)cc(C(C)(C)C)c5)cc4[n+]3CCCC)/C2=O)Sc2ccc(OCc3cc(C(C)(C)C)cc(C(C)(C)C)c3)cc21. The number of thiazole rings is 1. The first-order chi connectivity index (χ1) is 30.9. The standard InChI is InChI=1S/C58H72N2O4S2/c1-15-17-23-59-47-31-43(63-35-37-25-39(55(3,4)5)29-40(26-37)56(6,7)8)19-21-49(47)65-51(59)33-45-53(61)46(54(45)62)34-52-60(24-18-16-2)48-32-44(20-22-50(48)66-52)64-36-38-27-41(57(9,10)11)30-42(28-38)58(12,13)14/h19-22,25-34H,15-18,23-24,35-36H2,1-14H3. The number of Topliss-reactive ketones (excluding diaryl/α,β-unsaturated/α-hetero) is 1. The van der Waals surface area contributed by atoms with Crippen molar-refractivity contribution in [2.45, 2.75) is 169 Å². The molecule has 0 unspecified atom stereocenters. The number of ketones is 1. The third-order valence-corrected chi connectivity index (χ3v) is 14.9. The van der Waals surface area contributed by atoms with Crippen LogP contribution in [0.15, 0.2) is 106 Å². The minimum Gasteiger partial charge on any atom is -0.871 e. The number of fused-ring (bicyclic) bond motifs is 2. The van der Waals surface area contributed by atoms with Crippen LogP contribution >= 0.6 is 23.1 Å². The van der Waals surface area contributed by atoms with Gasteiger partial charge < -0.3 is 19.5 Å². The summed E-state index contributed by atoms with van der Waals surface area (Å²) in [5, 5.41) is 15.7. The number of aryl methyl sites for hydroxylation is 1. The van der Waals surface area contributed by atoms with Gasteiger partial charge >= 0.3 is 0 Å². The van der Waals surface area contributed by atoms with E-state index in [0.717, 1.165) is 92.2 Å². The Kier molecular flexibility index (Phi) is 14.2. The van der Waals surface area contributed by atoms with Gasteiger partial charge in [-0.1, -0.05) is 175 Å². The minimum atomic E-state index is -0.203. The Morgan fingerprint density at radius 2 is 1.17 bits per heavy atom. The number of allylic oxidation sites excluding steroid dienone is 3. The first-order valence-corrected chi connectivity index (χ1v) is 25.6. The van der Waals surface area contributed by atoms with E-state index < -0.39 is 0 Å². The van der Waals surface area contributed by atoms with Gasteiger partial charge in [0.2, 0.25) is 5.52 Å². The number of carbonyl (C=O) groups is 1. The van der Waals surface area contributed by atoms with E-state index in [-0.39, 0.29) is 44.3 Å². The molecule has 2 aliphatic rings. The fraction of sp³-hybridized carbons (Fsp3) is 0.448. The quantitative estimate of drug-likeness (QED) is 0.0817. The minimum absolute atomic E-state index is 0.0224. The molecule has 0 spiro atoms. The molecule has 350 valence electrons. The average molecular weight is 925 g/mol. The van der Waals surface area contributed by atoms with E-state index in [4.69, 9.17) is 9.47 Å². The van der Waals surface area contributed by atoms with Crippen molar-refractivity contribution in [1.29, 1.82) is 0 Å². The molecule has 0 saturated carbocycles. The number of hydrogen-bond donors (Lipinski definition) is 0. The van der Waals surface area contributed by atoms with Crippen LogP contribution < -0.4 is 24.0 Å². The molecule has 7 rings (SSSR count). The van der Waals surface area contributed by atoms with Crippen molar-refractivity contribution in [3.63, 3.8) is 0 Å². The maximum absolute atomic E-state index is 13.9. The predicted octanol–water partition coefficient (Wildman–Crippen LogP) is 14.2. The number of ether oxygens (including phenoxy) is 2. The van der Waals surface area contributed by atoms with Crippen LogP contribution in [0.3, 0.4) is 0 Å². The largest absolute Gasteiger partial charge is 0.871 e. The number of nitrogens with zero attached hydrogens (tertiary/aromatic N) is 2. The zero-order valence-corrected chi connectivity index (χ0v) is 43.7. The lowest BCUT2D eigenvalue weighted by Crippen LogP contribution is -2.36. The topological polar surface area (TPSA) is 65.7 Å². The molecule has 0 bridgehead atoms. The van der Waals surface area contributed by atoms with E-state index in [0.29, 0.717) is 13.2 Å². The van der Waals surface area contributed by atoms with Crippen molar-refractivity contribution in [2.75, 3.05) is 11.4 Å². The highest BCUT2D eigenvalue weighted by Crippen LogP contribution is 2.49. The number of thioether (sulfide) groups is 1. The summed E-state index contributed by atoms with van der Waals surface area (Å²) < 4.78 is 16.3. The van der Waals surface area contributed by atoms with E-state index in [1.807, 2.05) is 24.3 Å². The normalized spacial score (nSPS) is 15.9. The number of aromatic nitrogens is 1. The summed E-state index contributed by atoms with van der Waals surface area (Å²) in [4.78, 5) is 17.3. The van der Waals surface area contributed by atoms with Crippen LogP contribution in [-0.4, -0.2) is 12.3 Å². The second-order valence-electron chi connectivity index (χ2n) is 22.3. The fourth-order valence-corrected chi connectivity index (χ4v) is 10.4. The van der Waals surface area contributed by atoms with Crippen molar-refractivity contribution >= 4 is 50.9 Å². The number of unbranched alkanes of at least 4 members (excludes halogenated alkanes) is 2. The van der Waals surface area contributed by atoms with Crippen molar-refractivity contribution in [2.24, 2.45) is 0 Å². The number of benzene rings is 4. The van der Waals surface area contributed by atoms with Crippen molar-refractivity contribution in [3.05, 3.63) is 139 Å². The zero-order chi connectivity index (χ0) is 47.9. The lowest BCUT2D eigenvalue weighted by atomic mass is 9.79. The van der Waals surface area contributed by atoms with Gasteiger partial charge in [0.05, 0.1) is 16.8 Å². The van der Waals surface area contributed by atoms with Crippen LogP contribution in [-0.2, 0) is 46.2 Å². The summed E-state index contributed by atoms with van der Waals surface area (Å²) in [5.74, 6) is 1.18. The molecule has 1 aliphatic carbocycles. The second-order valence-corrected chi connectivity index (χ2v) is 24.5. The maximum Gasteiger partial charge on any atom is 0.263 e. The van der Waals surface area contributed by atoms with Gasteiger partial charge in [-0.2, -0.15) is 4.57 Å². The molecule has 4 aromatic carbocycles. The van der Waals surface area contributed by atoms with Crippen LogP contribution in [0, 0.1) is 0 Å². The van der Waals surface area contributed by atoms with E-state index in [2.05, 4.69) is 167 Å². The lowest BCUT2D eigenvalue weighted by molar-refractivity contribution is -0.669. The summed E-state index contributed by atoms with van der Waals surface area (Å²) in [6.45, 7) is 33.9. The fourth-order valence-electron chi connectivity index (χ4n) is 8.21. The highest BCUT2D eigenvalue weighted by molar-refractivity contribution is 8.03. The molecule has 66 heavy (non-hydrogen) atoms. The Balaban J connectivity index is 1.13. The van der Waals surface area contributed by atoms with Crippen molar-refractivity contribution < 1.29 is 23.9 Å². The number of carbonyl (C=O) groups excluding carboxylic acids is 1. The van der Waals surface area contributed by atoms with Crippen LogP contribution in [0.5, 0.6) is 11.5 Å². The molecular formula is C58H72N2O4S2. The third-order valence-electron chi connectivity index (χ3n) is 12.6. The van der Waals surface area contributed by atoms with Gasteiger partial charge in [-0.25, -0.2) is 0 Å². The van der Waals surface area contributed by atoms with Crippen LogP contribution in [0.4, 0.5) is 5.69 Å². The van der Waals surface area contributed by atoms with Crippen LogP contribution in [0.1, 0.15) is 161 Å². The summed E-state index contributed by atoms with van der Waals surface area (Å²) >= 11 is 3.22. The average Bonchev–Trinajstić information content (AvgIpc) is 3.78. The summed E-state index contributed by atoms with van der Waals surface area (Å²) in [6.07, 6.45) is 7.61. The van der Waals surface area contributed by atoms with Gasteiger partial charge in [-0.3, -0.25) is 4.79 Å². The number of hydrogen-bond acceptors (Lipinski definition) is 7. The lowest BCUT2D eigenvalue weighted by Gasteiger charge is -2.29. The monoisotopic (exact) mass is 924 g/mol. The molecule has 6 nitrogen and oxygen atoms in total. The van der Waals surface area contributed by atoms with Gasteiger partial charge in [-0.05, 0) is 91.8 Å². The number of anilines is 1. The molecule has 0 saturated heterocycles. The summed E-state index contributed by atoms with van der Waals surface area (Å²) in [7, 11) is 0. The van der Waals surface area contributed by atoms with E-state index >= 15 is 0 Å². The van der Waals surface area contributed by atoms with Gasteiger partial charge in [0.15, 0.2) is 12.3 Å². The highest BCUT2D eigenvalue weighted by atomic mass is 32.2. The first kappa shape index (κ1) is 49.1. The molecule has 5 aromatic rings. The van der Waals surface area contributed by atoms with Gasteiger partial charge in [0.1, 0.15) is 29.4 Å². The summed E-state index contributed by atoms with van der Waals surface area (Å²) in [5.41, 5.74) is 10.2. The Labute approximate surface area is 403 Å². The number of rotatable bonds is 14. The van der Waals surface area contributed by atoms with Crippen molar-refractivity contribution in [3.8, 4) is 11.5 Å². The Morgan fingerprint density at radius 1 is 0.652 bits per heavy atom. The zero-order valence-electron chi connectivity index (χ0n) is 42.1. The predicted molar refractivity (Wildman–Crippen MR) is 276 cm³/mol. The Bertz CT molecular complexity index is 2660. The van der Waals surface area contributed by atoms with E-state index in [1.165, 1.54) is 22.3 Å². The molecule has 8 heteroatoms. The Morgan fingerprint density at radius 3 is 1.67 bits per heavy atom. The van der Waals surface area contributed by atoms with E-state index in [9.17, 15) is 9.90 Å². The molecule has 0 N–H and O–H groups in total. The second kappa shape index (κ2) is 19.1. The maximum atomic E-state index is 13.9. The van der Waals surface area contributed by atoms with Gasteiger partial charge in [0.25, 0.3) is 5.01 Å².